The lowest BCUT2D eigenvalue weighted by atomic mass is 10.1. The van der Waals surface area contributed by atoms with Gasteiger partial charge in [-0.1, -0.05) is 0 Å². The Morgan fingerprint density at radius 3 is 2.62 bits per heavy atom. The molecule has 13 heavy (non-hydrogen) atoms. The topological polar surface area (TPSA) is 78.8 Å². The van der Waals surface area contributed by atoms with Gasteiger partial charge in [0.2, 0.25) is 0 Å². The van der Waals surface area contributed by atoms with E-state index in [1.165, 1.54) is 0 Å². The van der Waals surface area contributed by atoms with Crippen LogP contribution in [0, 0.1) is 0 Å². The Bertz CT molecular complexity index is 195. The second-order valence-corrected chi connectivity index (χ2v) is 3.44. The summed E-state index contributed by atoms with van der Waals surface area (Å²) in [6, 6.07) is -0.899. The Balaban J connectivity index is 2.50. The summed E-state index contributed by atoms with van der Waals surface area (Å²) in [7, 11) is 0. The standard InChI is InChI=1S/C8H15NO4/c1-4(2)13-5-3-9-6(7(5)10)8(11)12/h4-7,9-10H,3H2,1-2H3,(H,11,12)/t5?,6-,7?/m0/s1. The normalized spacial score (nSPS) is 34.0. The van der Waals surface area contributed by atoms with Crippen LogP contribution in [0.5, 0.6) is 0 Å². The molecule has 2 unspecified atom stereocenters. The van der Waals surface area contributed by atoms with Crippen LogP contribution in [0.1, 0.15) is 13.8 Å². The van der Waals surface area contributed by atoms with Crippen LogP contribution in [-0.4, -0.2) is 47.1 Å². The molecule has 0 aromatic rings. The Morgan fingerprint density at radius 2 is 2.23 bits per heavy atom. The minimum atomic E-state index is -1.04. The zero-order valence-electron chi connectivity index (χ0n) is 7.73. The van der Waals surface area contributed by atoms with Crippen molar-refractivity contribution >= 4 is 5.97 Å². The van der Waals surface area contributed by atoms with Crippen LogP contribution in [0.25, 0.3) is 0 Å². The predicted molar refractivity (Wildman–Crippen MR) is 45.4 cm³/mol. The number of aliphatic hydroxyl groups excluding tert-OH is 1. The summed E-state index contributed by atoms with van der Waals surface area (Å²) in [6.45, 7) is 4.08. The SMILES string of the molecule is CC(C)OC1CN[C@H](C(=O)O)C1O. The molecule has 1 fully saturated rings. The fraction of sp³-hybridized carbons (Fsp3) is 0.875. The van der Waals surface area contributed by atoms with Crippen LogP contribution in [0.3, 0.4) is 0 Å². The molecule has 0 amide bonds. The number of aliphatic hydroxyl groups is 1. The molecule has 0 saturated carbocycles. The maximum atomic E-state index is 10.6. The molecular weight excluding hydrogens is 174 g/mol. The third-order valence-corrected chi connectivity index (χ3v) is 1.97. The summed E-state index contributed by atoms with van der Waals surface area (Å²) < 4.78 is 5.33. The Labute approximate surface area is 76.7 Å². The van der Waals surface area contributed by atoms with Gasteiger partial charge in [0.05, 0.1) is 12.2 Å². The third-order valence-electron chi connectivity index (χ3n) is 1.97. The van der Waals surface area contributed by atoms with Crippen molar-refractivity contribution in [1.82, 2.24) is 5.32 Å². The van der Waals surface area contributed by atoms with Crippen LogP contribution in [0.4, 0.5) is 0 Å². The largest absolute Gasteiger partial charge is 0.480 e. The van der Waals surface area contributed by atoms with E-state index in [1.807, 2.05) is 13.8 Å². The number of hydrogen-bond donors (Lipinski definition) is 3. The lowest BCUT2D eigenvalue weighted by molar-refractivity contribution is -0.143. The third kappa shape index (κ3) is 2.40. The van der Waals surface area contributed by atoms with Crippen molar-refractivity contribution in [3.63, 3.8) is 0 Å². The van der Waals surface area contributed by atoms with Gasteiger partial charge in [0.25, 0.3) is 0 Å². The highest BCUT2D eigenvalue weighted by molar-refractivity contribution is 5.74. The molecule has 0 aromatic heterocycles. The molecule has 3 atom stereocenters. The Morgan fingerprint density at radius 1 is 1.62 bits per heavy atom. The second-order valence-electron chi connectivity index (χ2n) is 3.44. The predicted octanol–water partition coefficient (Wildman–Crippen LogP) is -0.803. The van der Waals surface area contributed by atoms with Crippen LogP contribution in [0.15, 0.2) is 0 Å². The Kier molecular flexibility index (Phi) is 3.24. The summed E-state index contributed by atoms with van der Waals surface area (Å²) in [6.07, 6.45) is -1.38. The van der Waals surface area contributed by atoms with Crippen molar-refractivity contribution in [3.8, 4) is 0 Å². The van der Waals surface area contributed by atoms with Crippen molar-refractivity contribution in [3.05, 3.63) is 0 Å². The highest BCUT2D eigenvalue weighted by Crippen LogP contribution is 2.13. The molecule has 1 aliphatic rings. The first kappa shape index (κ1) is 10.4. The van der Waals surface area contributed by atoms with E-state index in [9.17, 15) is 9.90 Å². The molecule has 5 heteroatoms. The molecule has 76 valence electrons. The zero-order chi connectivity index (χ0) is 10.0. The van der Waals surface area contributed by atoms with Gasteiger partial charge < -0.3 is 14.9 Å². The summed E-state index contributed by atoms with van der Waals surface area (Å²) in [5.74, 6) is -1.04. The van der Waals surface area contributed by atoms with Crippen molar-refractivity contribution < 1.29 is 19.7 Å². The average molecular weight is 189 g/mol. The van der Waals surface area contributed by atoms with Gasteiger partial charge in [0, 0.05) is 6.54 Å². The average Bonchev–Trinajstić information content (AvgIpc) is 2.32. The van der Waals surface area contributed by atoms with Gasteiger partial charge in [-0.05, 0) is 13.8 Å². The molecule has 0 aliphatic carbocycles. The van der Waals surface area contributed by atoms with E-state index in [2.05, 4.69) is 5.32 Å². The van der Waals surface area contributed by atoms with Crippen LogP contribution in [0.2, 0.25) is 0 Å². The fourth-order valence-electron chi connectivity index (χ4n) is 1.41. The minimum absolute atomic E-state index is 0.00556. The number of nitrogens with one attached hydrogen (secondary N) is 1. The molecule has 1 aliphatic heterocycles. The summed E-state index contributed by atoms with van der Waals surface area (Å²) >= 11 is 0. The van der Waals surface area contributed by atoms with E-state index < -0.39 is 24.2 Å². The zero-order valence-corrected chi connectivity index (χ0v) is 7.73. The van der Waals surface area contributed by atoms with Crippen molar-refractivity contribution in [1.29, 1.82) is 0 Å². The smallest absolute Gasteiger partial charge is 0.323 e. The number of hydrogen-bond acceptors (Lipinski definition) is 4. The first-order valence-electron chi connectivity index (χ1n) is 4.32. The number of rotatable bonds is 3. The van der Waals surface area contributed by atoms with Crippen LogP contribution in [-0.2, 0) is 9.53 Å². The van der Waals surface area contributed by atoms with Gasteiger partial charge in [-0.3, -0.25) is 10.1 Å². The van der Waals surface area contributed by atoms with E-state index in [-0.39, 0.29) is 6.10 Å². The maximum absolute atomic E-state index is 10.6. The molecule has 0 radical (unpaired) electrons. The maximum Gasteiger partial charge on any atom is 0.323 e. The molecule has 1 saturated heterocycles. The summed E-state index contributed by atoms with van der Waals surface area (Å²) in [5, 5.41) is 20.8. The van der Waals surface area contributed by atoms with Gasteiger partial charge in [0.1, 0.15) is 12.1 Å². The highest BCUT2D eigenvalue weighted by atomic mass is 16.5. The van der Waals surface area contributed by atoms with Gasteiger partial charge in [0.15, 0.2) is 0 Å². The van der Waals surface area contributed by atoms with Crippen molar-refractivity contribution in [2.24, 2.45) is 0 Å². The molecule has 0 aromatic carbocycles. The summed E-state index contributed by atoms with van der Waals surface area (Å²) in [5.41, 5.74) is 0. The molecule has 0 spiro atoms. The van der Waals surface area contributed by atoms with Gasteiger partial charge in [-0.15, -0.1) is 0 Å². The second kappa shape index (κ2) is 4.04. The highest BCUT2D eigenvalue weighted by Gasteiger charge is 2.39. The lowest BCUT2D eigenvalue weighted by Crippen LogP contribution is -2.40. The first-order valence-corrected chi connectivity index (χ1v) is 4.32. The molecule has 5 nitrogen and oxygen atoms in total. The summed E-state index contributed by atoms with van der Waals surface area (Å²) in [4.78, 5) is 10.6. The molecule has 3 N–H and O–H groups in total. The van der Waals surface area contributed by atoms with Crippen molar-refractivity contribution in [2.75, 3.05) is 6.54 Å². The molecule has 0 bridgehead atoms. The van der Waals surface area contributed by atoms with Crippen LogP contribution < -0.4 is 5.32 Å². The number of aliphatic carboxylic acids is 1. The minimum Gasteiger partial charge on any atom is -0.480 e. The van der Waals surface area contributed by atoms with E-state index in [1.54, 1.807) is 0 Å². The lowest BCUT2D eigenvalue weighted by Gasteiger charge is -2.18. The van der Waals surface area contributed by atoms with E-state index in [0.717, 1.165) is 0 Å². The van der Waals surface area contributed by atoms with Crippen LogP contribution >= 0.6 is 0 Å². The number of carboxylic acid groups (broad SMARTS) is 1. The van der Waals surface area contributed by atoms with Gasteiger partial charge in [-0.2, -0.15) is 0 Å². The molecule has 1 heterocycles. The quantitative estimate of drug-likeness (QED) is 0.541. The molecule has 1 rings (SSSR count). The number of carboxylic acids is 1. The van der Waals surface area contributed by atoms with E-state index in [4.69, 9.17) is 9.84 Å². The number of ether oxygens (including phenoxy) is 1. The first-order chi connectivity index (χ1) is 6.02. The van der Waals surface area contributed by atoms with Crippen molar-refractivity contribution in [2.45, 2.75) is 38.2 Å². The van der Waals surface area contributed by atoms with Gasteiger partial charge in [-0.25, -0.2) is 0 Å². The monoisotopic (exact) mass is 189 g/mol. The van der Waals surface area contributed by atoms with E-state index >= 15 is 0 Å². The Hall–Kier alpha value is -0.650. The molecular formula is C8H15NO4. The van der Waals surface area contributed by atoms with E-state index in [0.29, 0.717) is 6.54 Å². The number of carbonyl (C=O) groups is 1. The fourth-order valence-corrected chi connectivity index (χ4v) is 1.41. The van der Waals surface area contributed by atoms with Gasteiger partial charge >= 0.3 is 5.97 Å².